The van der Waals surface area contributed by atoms with Crippen LogP contribution in [0.5, 0.6) is 11.5 Å². The predicted molar refractivity (Wildman–Crippen MR) is 88.4 cm³/mol. The Morgan fingerprint density at radius 3 is 2.32 bits per heavy atom. The number of methoxy groups -OCH3 is 2. The highest BCUT2D eigenvalue weighted by molar-refractivity contribution is 5.99. The van der Waals surface area contributed by atoms with Gasteiger partial charge in [0.1, 0.15) is 11.5 Å². The molecule has 112 valence electrons. The Hall–Kier alpha value is -2.52. The number of rotatable bonds is 4. The fraction of sp³-hybridized carbons (Fsp3) is 0.158. The summed E-state index contributed by atoms with van der Waals surface area (Å²) in [6.45, 7) is -0.0142. The first-order valence-corrected chi connectivity index (χ1v) is 7.11. The van der Waals surface area contributed by atoms with E-state index in [-0.39, 0.29) is 6.61 Å². The van der Waals surface area contributed by atoms with Gasteiger partial charge in [-0.05, 0) is 51.7 Å². The zero-order chi connectivity index (χ0) is 15.5. The van der Waals surface area contributed by atoms with Crippen molar-refractivity contribution < 1.29 is 14.6 Å². The molecule has 3 nitrogen and oxygen atoms in total. The summed E-state index contributed by atoms with van der Waals surface area (Å²) in [5, 5.41) is 11.9. The van der Waals surface area contributed by atoms with E-state index in [9.17, 15) is 5.11 Å². The van der Waals surface area contributed by atoms with E-state index in [4.69, 9.17) is 9.47 Å². The summed E-state index contributed by atoms with van der Waals surface area (Å²) in [6, 6.07) is 17.8. The standard InChI is InChI=1S/C19H18O3/c1-21-16-5-3-4-14(10-16)19-15(12-20)7-6-13-8-9-17(22-2)11-18(13)19/h3-11,20H,12H2,1-2H3. The quantitative estimate of drug-likeness (QED) is 0.790. The minimum Gasteiger partial charge on any atom is -0.497 e. The number of aliphatic hydroxyl groups excluding tert-OH is 1. The summed E-state index contributed by atoms with van der Waals surface area (Å²) >= 11 is 0. The van der Waals surface area contributed by atoms with Crippen LogP contribution in [-0.4, -0.2) is 19.3 Å². The van der Waals surface area contributed by atoms with E-state index in [1.807, 2.05) is 54.6 Å². The maximum absolute atomic E-state index is 9.73. The molecule has 3 aromatic rings. The second-order valence-corrected chi connectivity index (χ2v) is 5.08. The van der Waals surface area contributed by atoms with Gasteiger partial charge in [0.15, 0.2) is 0 Å². The van der Waals surface area contributed by atoms with E-state index >= 15 is 0 Å². The van der Waals surface area contributed by atoms with E-state index in [2.05, 4.69) is 0 Å². The summed E-state index contributed by atoms with van der Waals surface area (Å²) < 4.78 is 10.7. The number of fused-ring (bicyclic) bond motifs is 1. The molecule has 0 saturated heterocycles. The molecule has 0 radical (unpaired) electrons. The fourth-order valence-corrected chi connectivity index (χ4v) is 2.72. The van der Waals surface area contributed by atoms with Crippen molar-refractivity contribution >= 4 is 10.8 Å². The van der Waals surface area contributed by atoms with Crippen LogP contribution in [0.15, 0.2) is 54.6 Å². The molecule has 0 amide bonds. The molecule has 0 spiro atoms. The predicted octanol–water partition coefficient (Wildman–Crippen LogP) is 4.02. The third-order valence-corrected chi connectivity index (χ3v) is 3.84. The monoisotopic (exact) mass is 294 g/mol. The van der Waals surface area contributed by atoms with Gasteiger partial charge in [-0.3, -0.25) is 0 Å². The third-order valence-electron chi connectivity index (χ3n) is 3.84. The first kappa shape index (κ1) is 14.4. The smallest absolute Gasteiger partial charge is 0.119 e. The first-order chi connectivity index (χ1) is 10.8. The molecular weight excluding hydrogens is 276 g/mol. The highest BCUT2D eigenvalue weighted by Gasteiger charge is 2.11. The van der Waals surface area contributed by atoms with E-state index in [0.717, 1.165) is 39.0 Å². The van der Waals surface area contributed by atoms with E-state index in [1.165, 1.54) is 0 Å². The molecule has 1 N–H and O–H groups in total. The second-order valence-electron chi connectivity index (χ2n) is 5.08. The number of benzene rings is 3. The molecule has 0 heterocycles. The van der Waals surface area contributed by atoms with Crippen LogP contribution in [0.3, 0.4) is 0 Å². The van der Waals surface area contributed by atoms with Gasteiger partial charge >= 0.3 is 0 Å². The minimum absolute atomic E-state index is 0.0142. The average Bonchev–Trinajstić information content (AvgIpc) is 2.60. The molecule has 3 rings (SSSR count). The van der Waals surface area contributed by atoms with Crippen LogP contribution in [0.1, 0.15) is 5.56 Å². The van der Waals surface area contributed by atoms with Gasteiger partial charge in [-0.25, -0.2) is 0 Å². The number of hydrogen-bond donors (Lipinski definition) is 1. The molecule has 3 aromatic carbocycles. The summed E-state index contributed by atoms with van der Waals surface area (Å²) in [5.41, 5.74) is 2.91. The minimum atomic E-state index is -0.0142. The topological polar surface area (TPSA) is 38.7 Å². The van der Waals surface area contributed by atoms with E-state index in [0.29, 0.717) is 0 Å². The Bertz CT molecular complexity index is 804. The van der Waals surface area contributed by atoms with Gasteiger partial charge in [-0.15, -0.1) is 0 Å². The molecule has 0 aliphatic rings. The van der Waals surface area contributed by atoms with Gasteiger partial charge in [-0.1, -0.05) is 30.3 Å². The molecule has 0 atom stereocenters. The van der Waals surface area contributed by atoms with Crippen LogP contribution in [0, 0.1) is 0 Å². The zero-order valence-electron chi connectivity index (χ0n) is 12.7. The normalized spacial score (nSPS) is 10.7. The molecule has 22 heavy (non-hydrogen) atoms. The van der Waals surface area contributed by atoms with Crippen molar-refractivity contribution in [3.05, 3.63) is 60.2 Å². The molecule has 0 unspecified atom stereocenters. The lowest BCUT2D eigenvalue weighted by Crippen LogP contribution is -1.93. The summed E-state index contributed by atoms with van der Waals surface area (Å²) in [5.74, 6) is 1.59. The highest BCUT2D eigenvalue weighted by Crippen LogP contribution is 2.35. The average molecular weight is 294 g/mol. The van der Waals surface area contributed by atoms with Gasteiger partial charge in [0, 0.05) is 0 Å². The molecule has 3 heteroatoms. The van der Waals surface area contributed by atoms with E-state index in [1.54, 1.807) is 14.2 Å². The van der Waals surface area contributed by atoms with E-state index < -0.39 is 0 Å². The van der Waals surface area contributed by atoms with Crippen molar-refractivity contribution in [3.8, 4) is 22.6 Å². The Balaban J connectivity index is 2.33. The van der Waals surface area contributed by atoms with Crippen molar-refractivity contribution in [1.29, 1.82) is 0 Å². The van der Waals surface area contributed by atoms with Crippen LogP contribution in [0.2, 0.25) is 0 Å². The van der Waals surface area contributed by atoms with Crippen molar-refractivity contribution in [2.45, 2.75) is 6.61 Å². The lowest BCUT2D eigenvalue weighted by atomic mass is 9.93. The summed E-state index contributed by atoms with van der Waals surface area (Å²) in [4.78, 5) is 0. The largest absolute Gasteiger partial charge is 0.497 e. The maximum Gasteiger partial charge on any atom is 0.119 e. The molecule has 0 saturated carbocycles. The molecule has 0 aliphatic carbocycles. The highest BCUT2D eigenvalue weighted by atomic mass is 16.5. The number of ether oxygens (including phenoxy) is 2. The van der Waals surface area contributed by atoms with Gasteiger partial charge in [0.05, 0.1) is 20.8 Å². The lowest BCUT2D eigenvalue weighted by molar-refractivity contribution is 0.282. The molecular formula is C19H18O3. The Kier molecular flexibility index (Phi) is 3.98. The van der Waals surface area contributed by atoms with Gasteiger partial charge in [0.2, 0.25) is 0 Å². The first-order valence-electron chi connectivity index (χ1n) is 7.11. The van der Waals surface area contributed by atoms with Gasteiger partial charge in [-0.2, -0.15) is 0 Å². The Labute approximate surface area is 129 Å². The Morgan fingerprint density at radius 2 is 1.59 bits per heavy atom. The number of aliphatic hydroxyl groups is 1. The fourth-order valence-electron chi connectivity index (χ4n) is 2.72. The molecule has 0 fully saturated rings. The second kappa shape index (κ2) is 6.08. The Morgan fingerprint density at radius 1 is 0.864 bits per heavy atom. The van der Waals surface area contributed by atoms with Crippen molar-refractivity contribution in [1.82, 2.24) is 0 Å². The lowest BCUT2D eigenvalue weighted by Gasteiger charge is -2.14. The molecule has 0 aromatic heterocycles. The van der Waals surface area contributed by atoms with Crippen molar-refractivity contribution in [3.63, 3.8) is 0 Å². The maximum atomic E-state index is 9.73. The number of hydrogen-bond acceptors (Lipinski definition) is 3. The van der Waals surface area contributed by atoms with Crippen LogP contribution in [0.4, 0.5) is 0 Å². The summed E-state index contributed by atoms with van der Waals surface area (Å²) in [7, 11) is 3.31. The van der Waals surface area contributed by atoms with Crippen LogP contribution < -0.4 is 9.47 Å². The van der Waals surface area contributed by atoms with Crippen LogP contribution >= 0.6 is 0 Å². The third kappa shape index (κ3) is 2.51. The summed E-state index contributed by atoms with van der Waals surface area (Å²) in [6.07, 6.45) is 0. The van der Waals surface area contributed by atoms with Gasteiger partial charge < -0.3 is 14.6 Å². The van der Waals surface area contributed by atoms with Gasteiger partial charge in [0.25, 0.3) is 0 Å². The molecule has 0 aliphatic heterocycles. The molecule has 0 bridgehead atoms. The van der Waals surface area contributed by atoms with Crippen molar-refractivity contribution in [2.24, 2.45) is 0 Å². The zero-order valence-corrected chi connectivity index (χ0v) is 12.7. The van der Waals surface area contributed by atoms with Crippen molar-refractivity contribution in [2.75, 3.05) is 14.2 Å². The SMILES string of the molecule is COc1cccc(-c2c(CO)ccc3ccc(OC)cc23)c1. The van der Waals surface area contributed by atoms with Crippen LogP contribution in [-0.2, 0) is 6.61 Å². The van der Waals surface area contributed by atoms with Crippen LogP contribution in [0.25, 0.3) is 21.9 Å².